The number of hydrogen-bond acceptors (Lipinski definition) is 2. The van der Waals surface area contributed by atoms with Crippen LogP contribution in [0.25, 0.3) is 10.8 Å². The molecular formula is C21H23NO3. The van der Waals surface area contributed by atoms with E-state index < -0.39 is 11.9 Å². The van der Waals surface area contributed by atoms with Crippen molar-refractivity contribution in [1.29, 1.82) is 0 Å². The molecule has 1 aliphatic heterocycles. The molecule has 2 aliphatic rings. The Kier molecular flexibility index (Phi) is 3.98. The van der Waals surface area contributed by atoms with Crippen LogP contribution >= 0.6 is 0 Å². The first kappa shape index (κ1) is 16.1. The van der Waals surface area contributed by atoms with Crippen LogP contribution in [0.15, 0.2) is 42.5 Å². The van der Waals surface area contributed by atoms with Crippen molar-refractivity contribution in [2.75, 3.05) is 6.54 Å². The molecule has 130 valence electrons. The summed E-state index contributed by atoms with van der Waals surface area (Å²) in [5, 5.41) is 11.7. The average molecular weight is 337 g/mol. The molecule has 1 heterocycles. The molecule has 4 nitrogen and oxygen atoms in total. The first-order valence-electron chi connectivity index (χ1n) is 9.07. The van der Waals surface area contributed by atoms with Crippen LogP contribution in [-0.2, 0) is 9.59 Å². The third-order valence-corrected chi connectivity index (χ3v) is 5.84. The topological polar surface area (TPSA) is 57.6 Å². The predicted octanol–water partition coefficient (Wildman–Crippen LogP) is 3.66. The van der Waals surface area contributed by atoms with Gasteiger partial charge >= 0.3 is 5.97 Å². The molecule has 0 aromatic heterocycles. The lowest BCUT2D eigenvalue weighted by molar-refractivity contribution is -0.147. The Morgan fingerprint density at radius 2 is 1.84 bits per heavy atom. The summed E-state index contributed by atoms with van der Waals surface area (Å²) in [4.78, 5) is 26.1. The summed E-state index contributed by atoms with van der Waals surface area (Å²) in [5.41, 5.74) is 1.25. The number of hydrogen-bond donors (Lipinski definition) is 1. The van der Waals surface area contributed by atoms with Crippen LogP contribution in [0, 0.1) is 11.8 Å². The molecule has 1 N–H and O–H groups in total. The van der Waals surface area contributed by atoms with Crippen molar-refractivity contribution in [3.63, 3.8) is 0 Å². The van der Waals surface area contributed by atoms with Gasteiger partial charge in [0.05, 0.1) is 5.92 Å². The van der Waals surface area contributed by atoms with Gasteiger partial charge in [0.2, 0.25) is 5.91 Å². The van der Waals surface area contributed by atoms with Crippen LogP contribution in [0.2, 0.25) is 0 Å². The standard InChI is InChI=1S/C21H23NO3/c1-13-9-10-15(21(24)25)12-22(13)20(23)19-11-18(19)17-8-4-6-14-5-2-3-7-16(14)17/h2-8,13,15,18-19H,9-12H2,1H3,(H,24,25). The highest BCUT2D eigenvalue weighted by molar-refractivity contribution is 5.90. The van der Waals surface area contributed by atoms with Gasteiger partial charge in [-0.1, -0.05) is 42.5 Å². The van der Waals surface area contributed by atoms with Gasteiger partial charge in [-0.15, -0.1) is 0 Å². The second-order valence-corrected chi connectivity index (χ2v) is 7.47. The van der Waals surface area contributed by atoms with Gasteiger partial charge in [0.25, 0.3) is 0 Å². The summed E-state index contributed by atoms with van der Waals surface area (Å²) >= 11 is 0. The molecule has 2 fully saturated rings. The fraction of sp³-hybridized carbons (Fsp3) is 0.429. The average Bonchev–Trinajstić information content (AvgIpc) is 3.41. The van der Waals surface area contributed by atoms with E-state index >= 15 is 0 Å². The highest BCUT2D eigenvalue weighted by Crippen LogP contribution is 2.50. The molecular weight excluding hydrogens is 314 g/mol. The Morgan fingerprint density at radius 3 is 2.64 bits per heavy atom. The van der Waals surface area contributed by atoms with Gasteiger partial charge in [0, 0.05) is 18.5 Å². The molecule has 2 aromatic carbocycles. The summed E-state index contributed by atoms with van der Waals surface area (Å²) in [7, 11) is 0. The molecule has 0 radical (unpaired) electrons. The Balaban J connectivity index is 1.54. The number of benzene rings is 2. The van der Waals surface area contributed by atoms with Crippen LogP contribution < -0.4 is 0 Å². The van der Waals surface area contributed by atoms with E-state index in [4.69, 9.17) is 0 Å². The third-order valence-electron chi connectivity index (χ3n) is 5.84. The van der Waals surface area contributed by atoms with E-state index in [9.17, 15) is 14.7 Å². The molecule has 25 heavy (non-hydrogen) atoms. The van der Waals surface area contributed by atoms with Gasteiger partial charge in [-0.05, 0) is 48.4 Å². The zero-order chi connectivity index (χ0) is 17.6. The number of nitrogens with zero attached hydrogens (tertiary/aromatic N) is 1. The van der Waals surface area contributed by atoms with Gasteiger partial charge in [0.15, 0.2) is 0 Å². The largest absolute Gasteiger partial charge is 0.481 e. The number of aliphatic carboxylic acids is 1. The van der Waals surface area contributed by atoms with Crippen LogP contribution in [0.3, 0.4) is 0 Å². The smallest absolute Gasteiger partial charge is 0.308 e. The summed E-state index contributed by atoms with van der Waals surface area (Å²) in [6.45, 7) is 2.39. The third kappa shape index (κ3) is 2.90. The molecule has 4 heteroatoms. The minimum atomic E-state index is -0.786. The molecule has 0 bridgehead atoms. The van der Waals surface area contributed by atoms with Crippen molar-refractivity contribution in [2.45, 2.75) is 38.1 Å². The normalized spacial score (nSPS) is 28.8. The van der Waals surface area contributed by atoms with E-state index in [1.54, 1.807) is 0 Å². The molecule has 1 amide bonds. The summed E-state index contributed by atoms with van der Waals surface area (Å²) in [5.74, 6) is -0.811. The molecule has 2 aromatic rings. The summed E-state index contributed by atoms with van der Waals surface area (Å²) in [6, 6.07) is 14.7. The molecule has 1 saturated carbocycles. The SMILES string of the molecule is CC1CCC(C(=O)O)CN1C(=O)C1CC1c1cccc2ccccc12. The lowest BCUT2D eigenvalue weighted by atomic mass is 9.93. The van der Waals surface area contributed by atoms with E-state index in [2.05, 4.69) is 30.3 Å². The minimum absolute atomic E-state index is 0.000742. The fourth-order valence-electron chi connectivity index (χ4n) is 4.21. The fourth-order valence-corrected chi connectivity index (χ4v) is 4.21. The number of carboxylic acid groups (broad SMARTS) is 1. The maximum absolute atomic E-state index is 13.0. The molecule has 4 unspecified atom stereocenters. The van der Waals surface area contributed by atoms with E-state index in [1.807, 2.05) is 24.0 Å². The lowest BCUT2D eigenvalue weighted by Gasteiger charge is -2.36. The monoisotopic (exact) mass is 337 g/mol. The number of piperidine rings is 1. The second-order valence-electron chi connectivity index (χ2n) is 7.47. The van der Waals surface area contributed by atoms with Gasteiger partial charge in [-0.2, -0.15) is 0 Å². The van der Waals surface area contributed by atoms with Crippen molar-refractivity contribution in [2.24, 2.45) is 11.8 Å². The quantitative estimate of drug-likeness (QED) is 0.930. The van der Waals surface area contributed by atoms with Crippen molar-refractivity contribution < 1.29 is 14.7 Å². The number of likely N-dealkylation sites (tertiary alicyclic amines) is 1. The Hall–Kier alpha value is -2.36. The molecule has 0 spiro atoms. The van der Waals surface area contributed by atoms with Gasteiger partial charge in [0.1, 0.15) is 0 Å². The molecule has 4 atom stereocenters. The maximum atomic E-state index is 13.0. The highest BCUT2D eigenvalue weighted by Gasteiger charge is 2.48. The number of carbonyl (C=O) groups is 2. The van der Waals surface area contributed by atoms with Crippen LogP contribution in [0.5, 0.6) is 0 Å². The van der Waals surface area contributed by atoms with Crippen molar-refractivity contribution in [1.82, 2.24) is 4.90 Å². The van der Waals surface area contributed by atoms with Gasteiger partial charge in [-0.25, -0.2) is 0 Å². The Bertz CT molecular complexity index is 826. The zero-order valence-electron chi connectivity index (χ0n) is 14.4. The number of amides is 1. The Morgan fingerprint density at radius 1 is 1.08 bits per heavy atom. The van der Waals surface area contributed by atoms with Crippen molar-refractivity contribution in [3.05, 3.63) is 48.0 Å². The minimum Gasteiger partial charge on any atom is -0.481 e. The number of carboxylic acids is 1. The van der Waals surface area contributed by atoms with Gasteiger partial charge < -0.3 is 10.0 Å². The first-order chi connectivity index (χ1) is 12.1. The Labute approximate surface area is 147 Å². The first-order valence-corrected chi connectivity index (χ1v) is 9.07. The van der Waals surface area contributed by atoms with E-state index in [1.165, 1.54) is 16.3 Å². The molecule has 4 rings (SSSR count). The van der Waals surface area contributed by atoms with Crippen molar-refractivity contribution >= 4 is 22.6 Å². The lowest BCUT2D eigenvalue weighted by Crippen LogP contribution is -2.48. The number of fused-ring (bicyclic) bond motifs is 1. The van der Waals surface area contributed by atoms with Crippen molar-refractivity contribution in [3.8, 4) is 0 Å². The summed E-state index contributed by atoms with van der Waals surface area (Å²) < 4.78 is 0. The molecule has 1 saturated heterocycles. The van der Waals surface area contributed by atoms with E-state index in [-0.39, 0.29) is 23.8 Å². The van der Waals surface area contributed by atoms with Crippen LogP contribution in [0.4, 0.5) is 0 Å². The number of rotatable bonds is 3. The molecule has 1 aliphatic carbocycles. The number of carbonyl (C=O) groups excluding carboxylic acids is 1. The maximum Gasteiger partial charge on any atom is 0.308 e. The van der Waals surface area contributed by atoms with E-state index in [0.29, 0.717) is 13.0 Å². The predicted molar refractivity (Wildman–Crippen MR) is 96.3 cm³/mol. The van der Waals surface area contributed by atoms with Crippen LogP contribution in [0.1, 0.15) is 37.7 Å². The highest BCUT2D eigenvalue weighted by atomic mass is 16.4. The summed E-state index contributed by atoms with van der Waals surface area (Å²) in [6.07, 6.45) is 2.31. The van der Waals surface area contributed by atoms with Gasteiger partial charge in [-0.3, -0.25) is 9.59 Å². The second kappa shape index (κ2) is 6.17. The van der Waals surface area contributed by atoms with Crippen LogP contribution in [-0.4, -0.2) is 34.5 Å². The zero-order valence-corrected chi connectivity index (χ0v) is 14.4. The van der Waals surface area contributed by atoms with E-state index in [0.717, 1.165) is 12.8 Å².